The number of rotatable bonds is 7. The predicted molar refractivity (Wildman–Crippen MR) is 110 cm³/mol. The van der Waals surface area contributed by atoms with Crippen molar-refractivity contribution in [3.8, 4) is 5.75 Å². The fourth-order valence-corrected chi connectivity index (χ4v) is 3.48. The van der Waals surface area contributed by atoms with E-state index in [1.807, 2.05) is 24.4 Å². The van der Waals surface area contributed by atoms with Crippen LogP contribution in [0.4, 0.5) is 4.79 Å². The molecule has 0 bridgehead atoms. The van der Waals surface area contributed by atoms with E-state index in [9.17, 15) is 14.4 Å². The van der Waals surface area contributed by atoms with E-state index in [1.165, 1.54) is 0 Å². The summed E-state index contributed by atoms with van der Waals surface area (Å²) in [6.07, 6.45) is 1.65. The molecule has 0 radical (unpaired) electrons. The number of carbonyl (C=O) groups is 3. The van der Waals surface area contributed by atoms with Gasteiger partial charge in [-0.05, 0) is 36.8 Å². The van der Waals surface area contributed by atoms with E-state index in [2.05, 4.69) is 20.8 Å². The van der Waals surface area contributed by atoms with Crippen LogP contribution in [0.2, 0.25) is 0 Å². The number of imide groups is 1. The van der Waals surface area contributed by atoms with Gasteiger partial charge in [-0.3, -0.25) is 18.9 Å². The van der Waals surface area contributed by atoms with Gasteiger partial charge in [0.2, 0.25) is 5.91 Å². The average molecular weight is 422 g/mol. The summed E-state index contributed by atoms with van der Waals surface area (Å²) in [5.74, 6) is 0.457. The molecule has 1 fully saturated rings. The fraction of sp³-hybridized carbons (Fsp3) is 0.286. The van der Waals surface area contributed by atoms with E-state index in [4.69, 9.17) is 4.74 Å². The molecule has 2 N–H and O–H groups in total. The first-order chi connectivity index (χ1) is 15.0. The highest BCUT2D eigenvalue weighted by Crippen LogP contribution is 2.18. The maximum Gasteiger partial charge on any atom is 0.325 e. The van der Waals surface area contributed by atoms with Crippen LogP contribution in [-0.2, 0) is 16.1 Å². The molecule has 0 spiro atoms. The Hall–Kier alpha value is -3.95. The van der Waals surface area contributed by atoms with Crippen molar-refractivity contribution >= 4 is 23.5 Å². The molecule has 0 aliphatic carbocycles. The van der Waals surface area contributed by atoms with E-state index in [0.29, 0.717) is 17.2 Å². The summed E-state index contributed by atoms with van der Waals surface area (Å²) in [5, 5.41) is 13.6. The molecule has 0 saturated carbocycles. The zero-order chi connectivity index (χ0) is 22.0. The maximum absolute atomic E-state index is 12.7. The quantitative estimate of drug-likeness (QED) is 0.556. The Kier molecular flexibility index (Phi) is 5.52. The topological polar surface area (TPSA) is 118 Å². The predicted octanol–water partition coefficient (Wildman–Crippen LogP) is 1.43. The van der Waals surface area contributed by atoms with Crippen molar-refractivity contribution in [2.24, 2.45) is 0 Å². The van der Waals surface area contributed by atoms with Gasteiger partial charge >= 0.3 is 6.03 Å². The Bertz CT molecular complexity index is 1130. The third kappa shape index (κ3) is 4.18. The van der Waals surface area contributed by atoms with E-state index in [-0.39, 0.29) is 18.9 Å². The largest absolute Gasteiger partial charge is 0.497 e. The Balaban J connectivity index is 1.37. The average Bonchev–Trinajstić information content (AvgIpc) is 3.31. The standard InChI is InChI=1S/C21H22N6O4/c1-13(19-25-24-17-5-3-4-10-26(17)19)22-18(28)11-16-20(29)27(21(30)23-16)12-14-6-8-15(31-2)9-7-14/h3-10,13,16H,11-12H2,1-2H3,(H,22,28)(H,23,30)/t13-,16?/m0/s1. The van der Waals surface area contributed by atoms with Crippen molar-refractivity contribution in [2.75, 3.05) is 7.11 Å². The summed E-state index contributed by atoms with van der Waals surface area (Å²) in [4.78, 5) is 38.6. The molecule has 4 amide bonds. The van der Waals surface area contributed by atoms with Crippen molar-refractivity contribution in [3.05, 3.63) is 60.0 Å². The van der Waals surface area contributed by atoms with Crippen LogP contribution in [0.25, 0.3) is 5.65 Å². The number of amides is 4. The van der Waals surface area contributed by atoms with Gasteiger partial charge in [0, 0.05) is 6.20 Å². The second-order valence-corrected chi connectivity index (χ2v) is 7.25. The zero-order valence-corrected chi connectivity index (χ0v) is 17.1. The van der Waals surface area contributed by atoms with Crippen LogP contribution in [-0.4, -0.2) is 50.5 Å². The van der Waals surface area contributed by atoms with Gasteiger partial charge in [-0.1, -0.05) is 18.2 Å². The Morgan fingerprint density at radius 2 is 1.97 bits per heavy atom. The molecule has 3 aromatic rings. The molecule has 10 heteroatoms. The molecule has 10 nitrogen and oxygen atoms in total. The minimum atomic E-state index is -0.909. The lowest BCUT2D eigenvalue weighted by Gasteiger charge is -2.15. The molecular formula is C21H22N6O4. The van der Waals surface area contributed by atoms with E-state index in [1.54, 1.807) is 42.7 Å². The highest BCUT2D eigenvalue weighted by molar-refractivity contribution is 6.05. The van der Waals surface area contributed by atoms with Crippen molar-refractivity contribution < 1.29 is 19.1 Å². The van der Waals surface area contributed by atoms with Crippen LogP contribution in [0.15, 0.2) is 48.7 Å². The molecule has 1 saturated heterocycles. The van der Waals surface area contributed by atoms with Gasteiger partial charge in [0.1, 0.15) is 11.8 Å². The minimum absolute atomic E-state index is 0.120. The van der Waals surface area contributed by atoms with Crippen molar-refractivity contribution in [2.45, 2.75) is 32.0 Å². The molecule has 1 unspecified atom stereocenters. The van der Waals surface area contributed by atoms with Crippen LogP contribution < -0.4 is 15.4 Å². The van der Waals surface area contributed by atoms with Gasteiger partial charge in [-0.15, -0.1) is 10.2 Å². The molecule has 1 aromatic carbocycles. The number of hydrogen-bond acceptors (Lipinski definition) is 6. The number of urea groups is 1. The number of aromatic nitrogens is 3. The second-order valence-electron chi connectivity index (χ2n) is 7.25. The van der Waals surface area contributed by atoms with Gasteiger partial charge in [-0.25, -0.2) is 4.79 Å². The van der Waals surface area contributed by atoms with Crippen molar-refractivity contribution in [1.82, 2.24) is 30.1 Å². The number of pyridine rings is 1. The number of hydrogen-bond donors (Lipinski definition) is 2. The maximum atomic E-state index is 12.7. The van der Waals surface area contributed by atoms with Crippen LogP contribution >= 0.6 is 0 Å². The Morgan fingerprint density at radius 3 is 2.71 bits per heavy atom. The molecule has 1 aliphatic heterocycles. The number of benzene rings is 1. The molecule has 31 heavy (non-hydrogen) atoms. The van der Waals surface area contributed by atoms with Gasteiger partial charge in [0.25, 0.3) is 5.91 Å². The second kappa shape index (κ2) is 8.42. The summed E-state index contributed by atoms with van der Waals surface area (Å²) in [5.41, 5.74) is 1.45. The monoisotopic (exact) mass is 422 g/mol. The molecule has 3 heterocycles. The first-order valence-electron chi connectivity index (χ1n) is 9.80. The van der Waals surface area contributed by atoms with E-state index >= 15 is 0 Å². The third-order valence-electron chi connectivity index (χ3n) is 5.10. The van der Waals surface area contributed by atoms with Gasteiger partial charge < -0.3 is 15.4 Å². The Morgan fingerprint density at radius 1 is 1.19 bits per heavy atom. The highest BCUT2D eigenvalue weighted by atomic mass is 16.5. The molecule has 2 atom stereocenters. The number of nitrogens with zero attached hydrogens (tertiary/aromatic N) is 4. The van der Waals surface area contributed by atoms with E-state index in [0.717, 1.165) is 10.5 Å². The van der Waals surface area contributed by atoms with E-state index < -0.39 is 24.0 Å². The highest BCUT2D eigenvalue weighted by Gasteiger charge is 2.39. The summed E-state index contributed by atoms with van der Waals surface area (Å²) >= 11 is 0. The van der Waals surface area contributed by atoms with Gasteiger partial charge in [0.05, 0.1) is 26.1 Å². The molecular weight excluding hydrogens is 400 g/mol. The zero-order valence-electron chi connectivity index (χ0n) is 17.1. The third-order valence-corrected chi connectivity index (χ3v) is 5.10. The number of methoxy groups -OCH3 is 1. The summed E-state index contributed by atoms with van der Waals surface area (Å²) < 4.78 is 6.89. The molecule has 160 valence electrons. The SMILES string of the molecule is COc1ccc(CN2C(=O)NC(CC(=O)N[C@@H](C)c3nnc4ccccn34)C2=O)cc1. The lowest BCUT2D eigenvalue weighted by Crippen LogP contribution is -2.37. The number of ether oxygens (including phenoxy) is 1. The van der Waals surface area contributed by atoms with Gasteiger partial charge in [-0.2, -0.15) is 0 Å². The van der Waals surface area contributed by atoms with Crippen LogP contribution in [0, 0.1) is 0 Å². The van der Waals surface area contributed by atoms with Gasteiger partial charge in [0.15, 0.2) is 11.5 Å². The van der Waals surface area contributed by atoms with Crippen LogP contribution in [0.5, 0.6) is 5.75 Å². The Labute approximate surface area is 178 Å². The first kappa shape index (κ1) is 20.3. The first-order valence-corrected chi connectivity index (χ1v) is 9.80. The normalized spacial score (nSPS) is 17.0. The fourth-order valence-electron chi connectivity index (χ4n) is 3.48. The minimum Gasteiger partial charge on any atom is -0.497 e. The molecule has 4 rings (SSSR count). The summed E-state index contributed by atoms with van der Waals surface area (Å²) in [6.45, 7) is 1.90. The number of nitrogens with one attached hydrogen (secondary N) is 2. The lowest BCUT2D eigenvalue weighted by molar-refractivity contribution is -0.131. The van der Waals surface area contributed by atoms with Crippen LogP contribution in [0.1, 0.15) is 30.8 Å². The number of fused-ring (bicyclic) bond motifs is 1. The lowest BCUT2D eigenvalue weighted by atomic mass is 10.1. The number of carbonyl (C=O) groups excluding carboxylic acids is 3. The van der Waals surface area contributed by atoms with Crippen LogP contribution in [0.3, 0.4) is 0 Å². The van der Waals surface area contributed by atoms with Crippen molar-refractivity contribution in [1.29, 1.82) is 0 Å². The smallest absolute Gasteiger partial charge is 0.325 e. The summed E-state index contributed by atoms with van der Waals surface area (Å²) in [7, 11) is 1.56. The molecule has 1 aliphatic rings. The molecule has 2 aromatic heterocycles. The summed E-state index contributed by atoms with van der Waals surface area (Å²) in [6, 6.07) is 10.7. The van der Waals surface area contributed by atoms with Crippen molar-refractivity contribution in [3.63, 3.8) is 0 Å².